The van der Waals surface area contributed by atoms with Crippen LogP contribution in [0, 0.1) is 25.6 Å². The van der Waals surface area contributed by atoms with Gasteiger partial charge in [-0.05, 0) is 49.4 Å². The van der Waals surface area contributed by atoms with Crippen LogP contribution in [0.2, 0.25) is 0 Å². The minimum Gasteiger partial charge on any atom is -0.211 e. The number of nitrogens with one attached hydrogen (secondary N) is 1. The standard InChI is InChI=1S/C13H19ClFNO2S/c1-9(4-5-14)8-16-19(17,18)13-10(2)6-12(15)7-11(13)3/h6-7,9,16H,4-5,8H2,1-3H3. The summed E-state index contributed by atoms with van der Waals surface area (Å²) < 4.78 is 40.2. The summed E-state index contributed by atoms with van der Waals surface area (Å²) in [5.74, 6) is 0.232. The number of hydrogen-bond donors (Lipinski definition) is 1. The summed E-state index contributed by atoms with van der Waals surface area (Å²) in [6, 6.07) is 2.45. The van der Waals surface area contributed by atoms with Crippen LogP contribution in [0.3, 0.4) is 0 Å². The van der Waals surface area contributed by atoms with Crippen molar-refractivity contribution in [2.24, 2.45) is 5.92 Å². The molecule has 1 atom stereocenters. The molecule has 1 N–H and O–H groups in total. The predicted molar refractivity (Wildman–Crippen MR) is 75.6 cm³/mol. The maximum atomic E-state index is 13.2. The fourth-order valence-corrected chi connectivity index (χ4v) is 3.92. The molecule has 6 heteroatoms. The first-order chi connectivity index (χ1) is 8.77. The van der Waals surface area contributed by atoms with Crippen molar-refractivity contribution in [1.29, 1.82) is 0 Å². The number of sulfonamides is 1. The summed E-state index contributed by atoms with van der Waals surface area (Å²) in [6.45, 7) is 5.43. The van der Waals surface area contributed by atoms with E-state index in [-0.39, 0.29) is 10.8 Å². The number of halogens is 2. The van der Waals surface area contributed by atoms with Gasteiger partial charge in [-0.3, -0.25) is 0 Å². The van der Waals surface area contributed by atoms with E-state index in [9.17, 15) is 12.8 Å². The second-order valence-electron chi connectivity index (χ2n) is 4.80. The average Bonchev–Trinajstić information content (AvgIpc) is 2.25. The molecule has 3 nitrogen and oxygen atoms in total. The minimum absolute atomic E-state index is 0.159. The van der Waals surface area contributed by atoms with E-state index < -0.39 is 15.8 Å². The normalized spacial score (nSPS) is 13.5. The Bertz CT molecular complexity index is 523. The van der Waals surface area contributed by atoms with Crippen molar-refractivity contribution in [3.05, 3.63) is 29.1 Å². The molecule has 0 bridgehead atoms. The molecule has 0 aliphatic rings. The highest BCUT2D eigenvalue weighted by atomic mass is 35.5. The molecular formula is C13H19ClFNO2S. The number of benzene rings is 1. The van der Waals surface area contributed by atoms with E-state index in [0.29, 0.717) is 23.6 Å². The highest BCUT2D eigenvalue weighted by Crippen LogP contribution is 2.21. The van der Waals surface area contributed by atoms with Crippen LogP contribution in [0.1, 0.15) is 24.5 Å². The number of alkyl halides is 1. The Kier molecular flexibility index (Phi) is 5.77. The molecule has 19 heavy (non-hydrogen) atoms. The second-order valence-corrected chi connectivity index (χ2v) is 6.89. The quantitative estimate of drug-likeness (QED) is 0.821. The van der Waals surface area contributed by atoms with Gasteiger partial charge in [0.1, 0.15) is 5.82 Å². The molecule has 0 spiro atoms. The lowest BCUT2D eigenvalue weighted by molar-refractivity contribution is 0.529. The molecule has 0 aromatic heterocycles. The van der Waals surface area contributed by atoms with Gasteiger partial charge in [0.05, 0.1) is 4.90 Å². The molecule has 0 amide bonds. The average molecular weight is 308 g/mol. The van der Waals surface area contributed by atoms with E-state index in [2.05, 4.69) is 4.72 Å². The number of aryl methyl sites for hydroxylation is 2. The molecule has 1 aromatic carbocycles. The third kappa shape index (κ3) is 4.44. The third-order valence-corrected chi connectivity index (χ3v) is 4.86. The first-order valence-corrected chi connectivity index (χ1v) is 8.12. The van der Waals surface area contributed by atoms with Crippen LogP contribution in [-0.2, 0) is 10.0 Å². The number of hydrogen-bond acceptors (Lipinski definition) is 2. The highest BCUT2D eigenvalue weighted by Gasteiger charge is 2.20. The fraction of sp³-hybridized carbons (Fsp3) is 0.538. The minimum atomic E-state index is -3.61. The Balaban J connectivity index is 2.95. The summed E-state index contributed by atoms with van der Waals surface area (Å²) in [5.41, 5.74) is 0.824. The Morgan fingerprint density at radius 1 is 1.32 bits per heavy atom. The van der Waals surface area contributed by atoms with Crippen LogP contribution < -0.4 is 4.72 Å². The molecule has 108 valence electrons. The van der Waals surface area contributed by atoms with Gasteiger partial charge in [-0.1, -0.05) is 6.92 Å². The maximum absolute atomic E-state index is 13.2. The van der Waals surface area contributed by atoms with Crippen molar-refractivity contribution in [3.63, 3.8) is 0 Å². The second kappa shape index (κ2) is 6.68. The summed E-state index contributed by atoms with van der Waals surface area (Å²) in [7, 11) is -3.61. The van der Waals surface area contributed by atoms with Crippen molar-refractivity contribution >= 4 is 21.6 Å². The van der Waals surface area contributed by atoms with Gasteiger partial charge in [0.25, 0.3) is 0 Å². The van der Waals surface area contributed by atoms with Crippen LogP contribution in [-0.4, -0.2) is 20.8 Å². The van der Waals surface area contributed by atoms with Crippen LogP contribution >= 0.6 is 11.6 Å². The Morgan fingerprint density at radius 2 is 1.84 bits per heavy atom. The summed E-state index contributed by atoms with van der Waals surface area (Å²) in [5, 5.41) is 0. The first-order valence-electron chi connectivity index (χ1n) is 6.10. The molecule has 0 radical (unpaired) electrons. The Morgan fingerprint density at radius 3 is 2.32 bits per heavy atom. The number of rotatable bonds is 6. The lowest BCUT2D eigenvalue weighted by Gasteiger charge is -2.15. The van der Waals surface area contributed by atoms with E-state index in [1.165, 1.54) is 12.1 Å². The largest absolute Gasteiger partial charge is 0.241 e. The maximum Gasteiger partial charge on any atom is 0.241 e. The summed E-state index contributed by atoms with van der Waals surface area (Å²) in [6.07, 6.45) is 0.742. The van der Waals surface area contributed by atoms with Gasteiger partial charge in [0, 0.05) is 12.4 Å². The molecule has 0 saturated heterocycles. The predicted octanol–water partition coefficient (Wildman–Crippen LogP) is 2.99. The monoisotopic (exact) mass is 307 g/mol. The smallest absolute Gasteiger partial charge is 0.211 e. The molecule has 0 saturated carbocycles. The van der Waals surface area contributed by atoms with E-state index in [0.717, 1.165) is 6.42 Å². The zero-order valence-corrected chi connectivity index (χ0v) is 12.9. The molecule has 0 aliphatic heterocycles. The van der Waals surface area contributed by atoms with Crippen molar-refractivity contribution in [2.75, 3.05) is 12.4 Å². The zero-order valence-electron chi connectivity index (χ0n) is 11.3. The topological polar surface area (TPSA) is 46.2 Å². The highest BCUT2D eigenvalue weighted by molar-refractivity contribution is 7.89. The Labute approximate surface area is 119 Å². The molecule has 1 aromatic rings. The van der Waals surface area contributed by atoms with Gasteiger partial charge in [-0.25, -0.2) is 17.5 Å². The van der Waals surface area contributed by atoms with Crippen LogP contribution in [0.5, 0.6) is 0 Å². The Hall–Kier alpha value is -0.650. The molecule has 1 unspecified atom stereocenters. The molecule has 0 fully saturated rings. The van der Waals surface area contributed by atoms with E-state index in [4.69, 9.17) is 11.6 Å². The van der Waals surface area contributed by atoms with Gasteiger partial charge in [-0.15, -0.1) is 11.6 Å². The van der Waals surface area contributed by atoms with Crippen LogP contribution in [0.4, 0.5) is 4.39 Å². The van der Waals surface area contributed by atoms with Gasteiger partial charge >= 0.3 is 0 Å². The first kappa shape index (κ1) is 16.4. The van der Waals surface area contributed by atoms with E-state index >= 15 is 0 Å². The molecular weight excluding hydrogens is 289 g/mol. The van der Waals surface area contributed by atoms with E-state index in [1.54, 1.807) is 13.8 Å². The van der Waals surface area contributed by atoms with Crippen molar-refractivity contribution in [3.8, 4) is 0 Å². The summed E-state index contributed by atoms with van der Waals surface area (Å²) in [4.78, 5) is 0.159. The van der Waals surface area contributed by atoms with Gasteiger partial charge in [0.2, 0.25) is 10.0 Å². The van der Waals surface area contributed by atoms with Crippen molar-refractivity contribution in [1.82, 2.24) is 4.72 Å². The molecule has 1 rings (SSSR count). The van der Waals surface area contributed by atoms with E-state index in [1.807, 2.05) is 6.92 Å². The third-order valence-electron chi connectivity index (χ3n) is 2.92. The van der Waals surface area contributed by atoms with Gasteiger partial charge in [0.15, 0.2) is 0 Å². The fourth-order valence-electron chi connectivity index (χ4n) is 1.93. The van der Waals surface area contributed by atoms with Crippen molar-refractivity contribution < 1.29 is 12.8 Å². The SMILES string of the molecule is Cc1cc(F)cc(C)c1S(=O)(=O)NCC(C)CCCl. The molecule has 0 heterocycles. The van der Waals surface area contributed by atoms with Gasteiger partial charge < -0.3 is 0 Å². The lowest BCUT2D eigenvalue weighted by atomic mass is 10.1. The van der Waals surface area contributed by atoms with Crippen LogP contribution in [0.25, 0.3) is 0 Å². The summed E-state index contributed by atoms with van der Waals surface area (Å²) >= 11 is 5.61. The van der Waals surface area contributed by atoms with Crippen molar-refractivity contribution in [2.45, 2.75) is 32.1 Å². The zero-order chi connectivity index (χ0) is 14.6. The van der Waals surface area contributed by atoms with Gasteiger partial charge in [-0.2, -0.15) is 0 Å². The molecule has 0 aliphatic carbocycles. The van der Waals surface area contributed by atoms with Crippen LogP contribution in [0.15, 0.2) is 17.0 Å². The lowest BCUT2D eigenvalue weighted by Crippen LogP contribution is -2.29.